The molecule has 9 rings (SSSR count). The van der Waals surface area contributed by atoms with Gasteiger partial charge in [0.1, 0.15) is 6.04 Å². The highest BCUT2D eigenvalue weighted by atomic mass is 16.2. The van der Waals surface area contributed by atoms with E-state index in [1.165, 1.54) is 11.3 Å². The second-order valence-electron chi connectivity index (χ2n) is 17.5. The van der Waals surface area contributed by atoms with Gasteiger partial charge in [-0.3, -0.25) is 39.1 Å². The van der Waals surface area contributed by atoms with Gasteiger partial charge in [-0.05, 0) is 99.0 Å². The van der Waals surface area contributed by atoms with Crippen molar-refractivity contribution in [1.82, 2.24) is 20.1 Å². The lowest BCUT2D eigenvalue weighted by atomic mass is 9.70. The summed E-state index contributed by atoms with van der Waals surface area (Å²) >= 11 is 0. The molecule has 2 N–H and O–H groups in total. The van der Waals surface area contributed by atoms with Crippen LogP contribution in [0.1, 0.15) is 119 Å². The number of fused-ring (bicyclic) bond motifs is 5. The Morgan fingerprint density at radius 2 is 1.59 bits per heavy atom. The number of imide groups is 2. The zero-order chi connectivity index (χ0) is 40.8. The van der Waals surface area contributed by atoms with Gasteiger partial charge in [0.25, 0.3) is 11.8 Å². The molecule has 4 aliphatic heterocycles. The van der Waals surface area contributed by atoms with E-state index in [2.05, 4.69) is 77.8 Å². The Bertz CT molecular complexity index is 2470. The molecule has 3 fully saturated rings. The Hall–Kier alpha value is -5.80. The molecule has 0 spiro atoms. The number of rotatable bonds is 6. The van der Waals surface area contributed by atoms with E-state index in [0.29, 0.717) is 28.2 Å². The van der Waals surface area contributed by atoms with Gasteiger partial charge in [-0.1, -0.05) is 26.8 Å². The van der Waals surface area contributed by atoms with Gasteiger partial charge in [0.05, 0.1) is 28.3 Å². The highest BCUT2D eigenvalue weighted by molar-refractivity contribution is 6.24. The summed E-state index contributed by atoms with van der Waals surface area (Å²) in [6.45, 7) is 15.6. The highest BCUT2D eigenvalue weighted by Crippen LogP contribution is 2.46. The topological polar surface area (TPSA) is 150 Å². The van der Waals surface area contributed by atoms with Gasteiger partial charge in [0.2, 0.25) is 11.8 Å². The van der Waals surface area contributed by atoms with Gasteiger partial charge >= 0.3 is 0 Å². The fourth-order valence-electron chi connectivity index (χ4n) is 10.6. The van der Waals surface area contributed by atoms with E-state index in [-0.39, 0.29) is 30.7 Å². The maximum Gasteiger partial charge on any atom is 0.262 e. The quantitative estimate of drug-likeness (QED) is 0.236. The Kier molecular flexibility index (Phi) is 9.08. The number of carbonyl (C=O) groups excluding carboxylic acids is 5. The predicted molar refractivity (Wildman–Crippen MR) is 220 cm³/mol. The number of piperidine rings is 2. The first kappa shape index (κ1) is 37.8. The van der Waals surface area contributed by atoms with Crippen molar-refractivity contribution in [1.29, 1.82) is 5.26 Å². The van der Waals surface area contributed by atoms with Gasteiger partial charge in [-0.25, -0.2) is 0 Å². The van der Waals surface area contributed by atoms with E-state index in [1.54, 1.807) is 18.2 Å². The Labute approximate surface area is 338 Å². The van der Waals surface area contributed by atoms with Crippen LogP contribution < -0.4 is 15.1 Å². The first-order valence-corrected chi connectivity index (χ1v) is 20.7. The molecule has 3 saturated heterocycles. The number of anilines is 2. The molecule has 1 aliphatic carbocycles. The molecule has 298 valence electrons. The second-order valence-corrected chi connectivity index (χ2v) is 17.5. The summed E-state index contributed by atoms with van der Waals surface area (Å²) in [5.41, 5.74) is 8.28. The smallest absolute Gasteiger partial charge is 0.262 e. The fraction of sp³-hybridized carbons (Fsp3) is 0.435. The molecule has 0 saturated carbocycles. The SMILES string of the molecule is CCc1cc2c(cc1N1CCC(CN3CC(C)N(c4ccc5c(c4)C(=O)N(C4CCC(=O)NC4=O)C5=O)C(C)C3)CC1)C(C)(C)c1[nH]c3cc(C#N)ccc3c1C2=O. The third-order valence-electron chi connectivity index (χ3n) is 13.5. The monoisotopic (exact) mass is 779 g/mol. The van der Waals surface area contributed by atoms with E-state index >= 15 is 0 Å². The number of nitrogens with zero attached hydrogens (tertiary/aromatic N) is 5. The maximum atomic E-state index is 14.2. The fourth-order valence-corrected chi connectivity index (χ4v) is 10.6. The number of ketones is 1. The van der Waals surface area contributed by atoms with E-state index in [1.807, 2.05) is 18.2 Å². The van der Waals surface area contributed by atoms with Crippen molar-refractivity contribution in [2.45, 2.75) is 90.3 Å². The molecule has 5 aliphatic rings. The minimum Gasteiger partial charge on any atom is -0.371 e. The maximum absolute atomic E-state index is 14.2. The molecule has 5 heterocycles. The van der Waals surface area contributed by atoms with Gasteiger partial charge in [0.15, 0.2) is 5.78 Å². The van der Waals surface area contributed by atoms with Gasteiger partial charge in [-0.2, -0.15) is 5.26 Å². The summed E-state index contributed by atoms with van der Waals surface area (Å²) in [7, 11) is 0. The summed E-state index contributed by atoms with van der Waals surface area (Å²) in [6.07, 6.45) is 3.19. The van der Waals surface area contributed by atoms with Crippen LogP contribution >= 0.6 is 0 Å². The molecule has 4 amide bonds. The predicted octanol–water partition coefficient (Wildman–Crippen LogP) is 5.69. The van der Waals surface area contributed by atoms with Crippen LogP contribution in [-0.2, 0) is 21.4 Å². The van der Waals surface area contributed by atoms with Gasteiger partial charge in [0, 0.05) is 90.2 Å². The lowest BCUT2D eigenvalue weighted by Crippen LogP contribution is -2.58. The van der Waals surface area contributed by atoms with Crippen LogP contribution in [-0.4, -0.2) is 95.0 Å². The van der Waals surface area contributed by atoms with Crippen molar-refractivity contribution in [3.8, 4) is 6.07 Å². The van der Waals surface area contributed by atoms with Crippen LogP contribution in [0.2, 0.25) is 0 Å². The summed E-state index contributed by atoms with van der Waals surface area (Å²) in [6, 6.07) is 16.9. The summed E-state index contributed by atoms with van der Waals surface area (Å²) in [5.74, 6) is -1.38. The normalized spacial score (nSPS) is 23.6. The number of aromatic nitrogens is 1. The molecule has 3 unspecified atom stereocenters. The number of H-pyrrole nitrogens is 1. The number of carbonyl (C=O) groups is 5. The molecule has 1 aromatic heterocycles. The molecule has 0 radical (unpaired) electrons. The van der Waals surface area contributed by atoms with Crippen LogP contribution in [0, 0.1) is 17.2 Å². The van der Waals surface area contributed by atoms with E-state index in [0.717, 1.165) is 90.3 Å². The average molecular weight is 780 g/mol. The van der Waals surface area contributed by atoms with Crippen LogP contribution in [0.25, 0.3) is 10.9 Å². The molecule has 3 aromatic carbocycles. The van der Waals surface area contributed by atoms with E-state index in [9.17, 15) is 29.2 Å². The number of benzene rings is 3. The van der Waals surface area contributed by atoms with Gasteiger partial charge in [-0.15, -0.1) is 0 Å². The highest BCUT2D eigenvalue weighted by Gasteiger charge is 2.46. The molecule has 12 heteroatoms. The molecule has 3 atom stereocenters. The van der Waals surface area contributed by atoms with Crippen LogP contribution in [0.5, 0.6) is 0 Å². The minimum absolute atomic E-state index is 0.0417. The molecule has 58 heavy (non-hydrogen) atoms. The number of hydrogen-bond donors (Lipinski definition) is 2. The molecule has 12 nitrogen and oxygen atoms in total. The van der Waals surface area contributed by atoms with Crippen molar-refractivity contribution in [2.24, 2.45) is 5.92 Å². The molecule has 4 aromatic rings. The molecular weight excluding hydrogens is 731 g/mol. The third-order valence-corrected chi connectivity index (χ3v) is 13.5. The van der Waals surface area contributed by atoms with Crippen molar-refractivity contribution < 1.29 is 24.0 Å². The number of nitriles is 1. The van der Waals surface area contributed by atoms with E-state index in [4.69, 9.17) is 0 Å². The first-order valence-electron chi connectivity index (χ1n) is 20.7. The first-order chi connectivity index (χ1) is 27.8. The van der Waals surface area contributed by atoms with E-state index < -0.39 is 35.1 Å². The number of piperazine rings is 1. The minimum atomic E-state index is -0.984. The zero-order valence-electron chi connectivity index (χ0n) is 33.8. The Balaban J connectivity index is 0.863. The average Bonchev–Trinajstić information content (AvgIpc) is 3.71. The largest absolute Gasteiger partial charge is 0.371 e. The summed E-state index contributed by atoms with van der Waals surface area (Å²) in [5, 5.41) is 12.6. The number of nitrogens with one attached hydrogen (secondary N) is 2. The van der Waals surface area contributed by atoms with Crippen molar-refractivity contribution in [3.05, 3.63) is 93.2 Å². The lowest BCUT2D eigenvalue weighted by Gasteiger charge is -2.47. The van der Waals surface area contributed by atoms with Crippen molar-refractivity contribution in [2.75, 3.05) is 42.5 Å². The number of aryl methyl sites for hydroxylation is 1. The Morgan fingerprint density at radius 3 is 2.28 bits per heavy atom. The third kappa shape index (κ3) is 5.93. The number of aromatic amines is 1. The number of amides is 4. The summed E-state index contributed by atoms with van der Waals surface area (Å²) in [4.78, 5) is 77.2. The standard InChI is InChI=1S/C46H49N7O5/c1-6-29-18-34-35(46(4,5)42-40(41(34)55)32-9-7-28(21-47)17-36(32)48-42)20-38(29)51-15-13-27(14-16-51)24-50-22-25(2)52(26(3)23-50)30-8-10-31-33(19-30)45(58)53(44(31)57)37-11-12-39(54)49-43(37)56/h7-10,17-20,25-27,37,48H,6,11-16,22-24H2,1-5H3,(H,49,54,56). The number of hydrogen-bond acceptors (Lipinski definition) is 9. The molecular formula is C46H49N7O5. The summed E-state index contributed by atoms with van der Waals surface area (Å²) < 4.78 is 0. The van der Waals surface area contributed by atoms with Crippen LogP contribution in [0.15, 0.2) is 48.5 Å². The van der Waals surface area contributed by atoms with Crippen molar-refractivity contribution in [3.63, 3.8) is 0 Å². The van der Waals surface area contributed by atoms with Gasteiger partial charge < -0.3 is 14.8 Å². The Morgan fingerprint density at radius 1 is 0.862 bits per heavy atom. The zero-order valence-corrected chi connectivity index (χ0v) is 33.8. The van der Waals surface area contributed by atoms with Crippen LogP contribution in [0.3, 0.4) is 0 Å². The molecule has 0 bridgehead atoms. The van der Waals surface area contributed by atoms with Crippen LogP contribution in [0.4, 0.5) is 11.4 Å². The van der Waals surface area contributed by atoms with Crippen molar-refractivity contribution >= 4 is 51.7 Å². The lowest BCUT2D eigenvalue weighted by molar-refractivity contribution is -0.136. The second kappa shape index (κ2) is 13.9.